The van der Waals surface area contributed by atoms with Crippen LogP contribution in [-0.4, -0.2) is 47.6 Å². The average Bonchev–Trinajstić information content (AvgIpc) is 2.90. The van der Waals surface area contributed by atoms with Gasteiger partial charge in [0.2, 0.25) is 15.9 Å². The number of hydrogen-bond acceptors (Lipinski definition) is 6. The highest BCUT2D eigenvalue weighted by Crippen LogP contribution is 2.40. The first kappa shape index (κ1) is 28.9. The Balaban J connectivity index is 1.69. The van der Waals surface area contributed by atoms with Gasteiger partial charge in [-0.1, -0.05) is 36.7 Å². The lowest BCUT2D eigenvalue weighted by Gasteiger charge is -2.41. The number of carbonyl (C=O) groups is 1. The number of rotatable bonds is 8. The topological polar surface area (TPSA) is 109 Å². The van der Waals surface area contributed by atoms with Crippen molar-refractivity contribution in [2.45, 2.75) is 63.3 Å². The highest BCUT2D eigenvalue weighted by molar-refractivity contribution is 7.89. The largest absolute Gasteiger partial charge is 0.469 e. The number of ether oxygens (including phenoxy) is 1. The number of nitrogens with zero attached hydrogens (tertiary/aromatic N) is 2. The van der Waals surface area contributed by atoms with Crippen molar-refractivity contribution in [3.05, 3.63) is 87.8 Å². The molecular formula is C28H31ClFN3O5S. The SMILES string of the molecule is CCc1ccc(S(=O)(=O)N[C@@H]2c3cc(C(=O)N(CC)Cc4c(F)cccc4Cl)cnc3OC(C)(C)[C@H]2O)cc1. The van der Waals surface area contributed by atoms with Crippen molar-refractivity contribution in [1.29, 1.82) is 0 Å². The smallest absolute Gasteiger partial charge is 0.255 e. The normalized spacial score (nSPS) is 18.2. The maximum Gasteiger partial charge on any atom is 0.255 e. The van der Waals surface area contributed by atoms with Crippen molar-refractivity contribution in [3.8, 4) is 5.88 Å². The number of amides is 1. The fraction of sp³-hybridized carbons (Fsp3) is 0.357. The molecule has 0 fully saturated rings. The van der Waals surface area contributed by atoms with Gasteiger partial charge < -0.3 is 14.7 Å². The van der Waals surface area contributed by atoms with Crippen molar-refractivity contribution >= 4 is 27.5 Å². The number of benzene rings is 2. The van der Waals surface area contributed by atoms with Crippen LogP contribution in [0.5, 0.6) is 5.88 Å². The number of halogens is 2. The van der Waals surface area contributed by atoms with Crippen molar-refractivity contribution < 1.29 is 27.4 Å². The molecular weight excluding hydrogens is 545 g/mol. The molecule has 0 saturated carbocycles. The van der Waals surface area contributed by atoms with Crippen molar-refractivity contribution in [2.24, 2.45) is 0 Å². The summed E-state index contributed by atoms with van der Waals surface area (Å²) in [6.07, 6.45) is 0.769. The zero-order valence-electron chi connectivity index (χ0n) is 22.1. The summed E-state index contributed by atoms with van der Waals surface area (Å²) >= 11 is 6.17. The maximum absolute atomic E-state index is 14.4. The molecule has 1 aliphatic rings. The van der Waals surface area contributed by atoms with Crippen molar-refractivity contribution in [1.82, 2.24) is 14.6 Å². The van der Waals surface area contributed by atoms with E-state index in [1.165, 1.54) is 41.4 Å². The Labute approximate surface area is 232 Å². The molecule has 1 aromatic heterocycles. The number of sulfonamides is 1. The lowest BCUT2D eigenvalue weighted by atomic mass is 9.88. The van der Waals surface area contributed by atoms with E-state index in [0.717, 1.165) is 12.0 Å². The molecule has 0 aliphatic carbocycles. The Kier molecular flexibility index (Phi) is 8.32. The average molecular weight is 576 g/mol. The molecule has 0 spiro atoms. The Morgan fingerprint density at radius 3 is 2.51 bits per heavy atom. The van der Waals surface area contributed by atoms with E-state index in [-0.39, 0.29) is 45.6 Å². The zero-order valence-corrected chi connectivity index (χ0v) is 23.7. The summed E-state index contributed by atoms with van der Waals surface area (Å²) in [5.74, 6) is -0.906. The first-order valence-electron chi connectivity index (χ1n) is 12.6. The third-order valence-electron chi connectivity index (χ3n) is 6.85. The molecule has 2 N–H and O–H groups in total. The summed E-state index contributed by atoms with van der Waals surface area (Å²) in [7, 11) is -4.06. The van der Waals surface area contributed by atoms with Crippen LogP contribution in [-0.2, 0) is 23.0 Å². The molecule has 0 saturated heterocycles. The molecule has 0 bridgehead atoms. The van der Waals surface area contributed by atoms with E-state index < -0.39 is 39.5 Å². The third-order valence-corrected chi connectivity index (χ3v) is 8.66. The Morgan fingerprint density at radius 2 is 1.90 bits per heavy atom. The fourth-order valence-corrected chi connectivity index (χ4v) is 5.87. The predicted molar refractivity (Wildman–Crippen MR) is 146 cm³/mol. The van der Waals surface area contributed by atoms with Crippen LogP contribution in [0, 0.1) is 5.82 Å². The van der Waals surface area contributed by atoms with Crippen LogP contribution < -0.4 is 9.46 Å². The molecule has 1 aliphatic heterocycles. The fourth-order valence-electron chi connectivity index (χ4n) is 4.43. The number of fused-ring (bicyclic) bond motifs is 1. The second-order valence-electron chi connectivity index (χ2n) is 9.88. The number of aliphatic hydroxyl groups is 1. The monoisotopic (exact) mass is 575 g/mol. The van der Waals surface area contributed by atoms with E-state index in [1.807, 2.05) is 6.92 Å². The van der Waals surface area contributed by atoms with Gasteiger partial charge in [-0.3, -0.25) is 4.79 Å². The van der Waals surface area contributed by atoms with Crippen LogP contribution in [0.25, 0.3) is 0 Å². The van der Waals surface area contributed by atoms with Crippen LogP contribution in [0.15, 0.2) is 59.6 Å². The summed E-state index contributed by atoms with van der Waals surface area (Å²) < 4.78 is 49.5. The molecule has 2 heterocycles. The van der Waals surface area contributed by atoms with E-state index in [9.17, 15) is 22.7 Å². The van der Waals surface area contributed by atoms with Crippen molar-refractivity contribution in [3.63, 3.8) is 0 Å². The van der Waals surface area contributed by atoms with Gasteiger partial charge in [-0.05, 0) is 63.1 Å². The van der Waals surface area contributed by atoms with E-state index in [4.69, 9.17) is 16.3 Å². The van der Waals surface area contributed by atoms with Crippen LogP contribution >= 0.6 is 11.6 Å². The number of aromatic nitrogens is 1. The van der Waals surface area contributed by atoms with Gasteiger partial charge in [-0.15, -0.1) is 0 Å². The standard InChI is InChI=1S/C28H31ClFN3O5S/c1-5-17-10-12-19(13-11-17)39(36,37)32-24-20-14-18(15-31-26(20)38-28(3,4)25(24)34)27(35)33(6-2)16-21-22(29)8-7-9-23(21)30/h7-15,24-25,32,34H,5-6,16H2,1-4H3/t24-,25+/m1/s1. The summed E-state index contributed by atoms with van der Waals surface area (Å²) in [6.45, 7) is 7.13. The predicted octanol–water partition coefficient (Wildman–Crippen LogP) is 4.65. The molecule has 0 unspecified atom stereocenters. The van der Waals surface area contributed by atoms with Crippen LogP contribution in [0.2, 0.25) is 5.02 Å². The van der Waals surface area contributed by atoms with Gasteiger partial charge in [0, 0.05) is 28.9 Å². The molecule has 2 atom stereocenters. The zero-order chi connectivity index (χ0) is 28.5. The number of hydrogen-bond donors (Lipinski definition) is 2. The van der Waals surface area contributed by atoms with E-state index in [1.54, 1.807) is 39.0 Å². The van der Waals surface area contributed by atoms with Gasteiger partial charge in [0.1, 0.15) is 17.5 Å². The molecule has 11 heteroatoms. The van der Waals surface area contributed by atoms with Gasteiger partial charge in [0.15, 0.2) is 0 Å². The van der Waals surface area contributed by atoms with Crippen molar-refractivity contribution in [2.75, 3.05) is 6.54 Å². The molecule has 39 heavy (non-hydrogen) atoms. The summed E-state index contributed by atoms with van der Waals surface area (Å²) in [5, 5.41) is 11.3. The number of aliphatic hydroxyl groups excluding tert-OH is 1. The minimum Gasteiger partial charge on any atom is -0.469 e. The first-order chi connectivity index (χ1) is 18.4. The molecule has 2 aromatic carbocycles. The highest BCUT2D eigenvalue weighted by atomic mass is 35.5. The Bertz CT molecular complexity index is 1460. The van der Waals surface area contributed by atoms with Gasteiger partial charge in [0.05, 0.1) is 23.0 Å². The van der Waals surface area contributed by atoms with Crippen LogP contribution in [0.3, 0.4) is 0 Å². The highest BCUT2D eigenvalue weighted by Gasteiger charge is 2.45. The minimum absolute atomic E-state index is 0.0388. The third kappa shape index (κ3) is 5.94. The Morgan fingerprint density at radius 1 is 1.21 bits per heavy atom. The number of pyridine rings is 1. The number of nitrogens with one attached hydrogen (secondary N) is 1. The molecule has 4 rings (SSSR count). The van der Waals surface area contributed by atoms with Gasteiger partial charge >= 0.3 is 0 Å². The lowest BCUT2D eigenvalue weighted by Crippen LogP contribution is -2.53. The quantitative estimate of drug-likeness (QED) is 0.405. The summed E-state index contributed by atoms with van der Waals surface area (Å²) in [4.78, 5) is 19.2. The molecule has 208 valence electrons. The summed E-state index contributed by atoms with van der Waals surface area (Å²) in [6, 6.07) is 11.1. The number of aryl methyl sites for hydroxylation is 1. The molecule has 3 aromatic rings. The molecule has 1 amide bonds. The maximum atomic E-state index is 14.4. The lowest BCUT2D eigenvalue weighted by molar-refractivity contribution is -0.0632. The van der Waals surface area contributed by atoms with Gasteiger partial charge in [-0.25, -0.2) is 22.5 Å². The van der Waals surface area contributed by atoms with E-state index >= 15 is 0 Å². The minimum atomic E-state index is -4.06. The Hall–Kier alpha value is -3.05. The molecule has 0 radical (unpaired) electrons. The van der Waals surface area contributed by atoms with Crippen LogP contribution in [0.1, 0.15) is 60.8 Å². The number of carbonyl (C=O) groups excluding carboxylic acids is 1. The second-order valence-corrected chi connectivity index (χ2v) is 12.0. The van der Waals surface area contributed by atoms with Gasteiger partial charge in [0.25, 0.3) is 5.91 Å². The summed E-state index contributed by atoms with van der Waals surface area (Å²) in [5.41, 5.74) is 0.315. The van der Waals surface area contributed by atoms with Gasteiger partial charge in [-0.2, -0.15) is 0 Å². The molecule has 8 nitrogen and oxygen atoms in total. The van der Waals surface area contributed by atoms with E-state index in [0.29, 0.717) is 0 Å². The second kappa shape index (κ2) is 11.2. The van der Waals surface area contributed by atoms with E-state index in [2.05, 4.69) is 9.71 Å². The van der Waals surface area contributed by atoms with Crippen LogP contribution in [0.4, 0.5) is 4.39 Å². The first-order valence-corrected chi connectivity index (χ1v) is 14.4.